The smallest absolute Gasteiger partial charge is 0.0686 e. The molecular formula is C30H39B. The Bertz CT molecular complexity index is 794. The van der Waals surface area contributed by atoms with E-state index in [0.717, 1.165) is 0 Å². The average Bonchev–Trinajstić information content (AvgIpc) is 2.84. The summed E-state index contributed by atoms with van der Waals surface area (Å²) in [5.74, 6) is 1.83. The zero-order chi connectivity index (χ0) is 22.4. The van der Waals surface area contributed by atoms with Crippen molar-refractivity contribution in [2.45, 2.75) is 78.6 Å². The quantitative estimate of drug-likeness (QED) is 0.343. The molecule has 0 N–H and O–H groups in total. The number of benzene rings is 3. The highest BCUT2D eigenvalue weighted by molar-refractivity contribution is 6.95. The highest BCUT2D eigenvalue weighted by atomic mass is 14.1. The van der Waals surface area contributed by atoms with Crippen LogP contribution in [0.3, 0.4) is 0 Å². The summed E-state index contributed by atoms with van der Waals surface area (Å²) in [6.45, 7) is 14.0. The predicted octanol–water partition coefficient (Wildman–Crippen LogP) is 6.74. The zero-order valence-electron chi connectivity index (χ0n) is 20.4. The summed E-state index contributed by atoms with van der Waals surface area (Å²) in [5, 5.41) is 0. The number of rotatable bonds is 9. The van der Waals surface area contributed by atoms with Gasteiger partial charge in [0.05, 0.1) is 0 Å². The first-order valence-corrected chi connectivity index (χ1v) is 12.3. The Hall–Kier alpha value is -2.28. The van der Waals surface area contributed by atoms with E-state index in [4.69, 9.17) is 0 Å². The molecule has 0 spiro atoms. The van der Waals surface area contributed by atoms with Crippen molar-refractivity contribution in [3.8, 4) is 0 Å². The van der Waals surface area contributed by atoms with Crippen molar-refractivity contribution in [1.82, 2.24) is 0 Å². The minimum absolute atomic E-state index is 0.267. The van der Waals surface area contributed by atoms with Gasteiger partial charge in [0, 0.05) is 0 Å². The van der Waals surface area contributed by atoms with Crippen molar-refractivity contribution in [3.05, 3.63) is 89.5 Å². The lowest BCUT2D eigenvalue weighted by Gasteiger charge is -2.19. The van der Waals surface area contributed by atoms with Crippen molar-refractivity contribution in [2.24, 2.45) is 0 Å². The van der Waals surface area contributed by atoms with Gasteiger partial charge in [-0.2, -0.15) is 0 Å². The lowest BCUT2D eigenvalue weighted by Crippen LogP contribution is -2.52. The molecule has 0 saturated heterocycles. The minimum Gasteiger partial charge on any atom is -0.0686 e. The molecule has 3 rings (SSSR count). The third-order valence-corrected chi connectivity index (χ3v) is 7.35. The largest absolute Gasteiger partial charge is 0.241 e. The molecular weight excluding hydrogens is 371 g/mol. The van der Waals surface area contributed by atoms with Gasteiger partial charge in [-0.15, -0.1) is 0 Å². The molecule has 0 aliphatic carbocycles. The summed E-state index contributed by atoms with van der Waals surface area (Å²) in [4.78, 5) is 0. The highest BCUT2D eigenvalue weighted by Crippen LogP contribution is 2.19. The molecule has 0 aromatic heterocycles. The van der Waals surface area contributed by atoms with Crippen molar-refractivity contribution in [1.29, 1.82) is 0 Å². The van der Waals surface area contributed by atoms with E-state index in [1.807, 2.05) is 0 Å². The van der Waals surface area contributed by atoms with Crippen LogP contribution in [0.25, 0.3) is 0 Å². The SMILES string of the molecule is CCC(C)c1ccc(B(c2ccc(C(C)CC)cc2)c2ccc(C(C)CC)cc2)cc1. The van der Waals surface area contributed by atoms with E-state index in [2.05, 4.69) is 114 Å². The Morgan fingerprint density at radius 1 is 0.452 bits per heavy atom. The molecule has 3 aromatic carbocycles. The van der Waals surface area contributed by atoms with Crippen LogP contribution >= 0.6 is 0 Å². The maximum atomic E-state index is 2.34. The Kier molecular flexibility index (Phi) is 8.18. The summed E-state index contributed by atoms with van der Waals surface area (Å²) >= 11 is 0. The molecule has 0 bridgehead atoms. The molecule has 0 amide bonds. The lowest BCUT2D eigenvalue weighted by molar-refractivity contribution is 0.734. The van der Waals surface area contributed by atoms with Crippen LogP contribution in [0.4, 0.5) is 0 Å². The van der Waals surface area contributed by atoms with Gasteiger partial charge in [0.25, 0.3) is 0 Å². The molecule has 3 aromatic rings. The third kappa shape index (κ3) is 5.51. The van der Waals surface area contributed by atoms with Crippen LogP contribution in [0, 0.1) is 0 Å². The van der Waals surface area contributed by atoms with Crippen LogP contribution in [0.1, 0.15) is 95.2 Å². The fourth-order valence-corrected chi connectivity index (χ4v) is 4.34. The third-order valence-electron chi connectivity index (χ3n) is 7.35. The van der Waals surface area contributed by atoms with E-state index in [-0.39, 0.29) is 6.71 Å². The molecule has 1 heteroatoms. The molecule has 0 aliphatic heterocycles. The van der Waals surface area contributed by atoms with E-state index < -0.39 is 0 Å². The lowest BCUT2D eigenvalue weighted by atomic mass is 9.36. The van der Waals surface area contributed by atoms with Gasteiger partial charge >= 0.3 is 0 Å². The summed E-state index contributed by atoms with van der Waals surface area (Å²) in [6.07, 6.45) is 3.53. The Morgan fingerprint density at radius 3 is 0.871 bits per heavy atom. The predicted molar refractivity (Wildman–Crippen MR) is 140 cm³/mol. The van der Waals surface area contributed by atoms with Gasteiger partial charge < -0.3 is 0 Å². The highest BCUT2D eigenvalue weighted by Gasteiger charge is 2.22. The summed E-state index contributed by atoms with van der Waals surface area (Å²) in [7, 11) is 0. The molecule has 0 nitrogen and oxygen atoms in total. The molecule has 3 atom stereocenters. The Labute approximate surface area is 191 Å². The van der Waals surface area contributed by atoms with Gasteiger partial charge in [0.1, 0.15) is 0 Å². The Morgan fingerprint density at radius 2 is 0.677 bits per heavy atom. The molecule has 31 heavy (non-hydrogen) atoms. The second-order valence-corrected chi connectivity index (χ2v) is 9.36. The Balaban J connectivity index is 2.01. The second kappa shape index (κ2) is 10.8. The average molecular weight is 410 g/mol. The molecule has 3 unspecified atom stereocenters. The summed E-state index contributed by atoms with van der Waals surface area (Å²) in [6, 6.07) is 28.1. The van der Waals surface area contributed by atoms with Crippen LogP contribution in [0.5, 0.6) is 0 Å². The van der Waals surface area contributed by atoms with Gasteiger partial charge in [-0.25, -0.2) is 0 Å². The molecule has 0 saturated carbocycles. The van der Waals surface area contributed by atoms with Gasteiger partial charge in [0.15, 0.2) is 0 Å². The minimum atomic E-state index is 0.267. The van der Waals surface area contributed by atoms with E-state index in [0.29, 0.717) is 17.8 Å². The van der Waals surface area contributed by atoms with E-state index in [1.54, 1.807) is 0 Å². The number of hydrogen-bond donors (Lipinski definition) is 0. The van der Waals surface area contributed by atoms with Crippen LogP contribution in [-0.4, -0.2) is 6.71 Å². The summed E-state index contributed by atoms with van der Waals surface area (Å²) in [5.41, 5.74) is 8.43. The van der Waals surface area contributed by atoms with E-state index >= 15 is 0 Å². The molecule has 162 valence electrons. The van der Waals surface area contributed by atoms with Crippen LogP contribution in [-0.2, 0) is 0 Å². The molecule has 0 aliphatic rings. The fraction of sp³-hybridized carbons (Fsp3) is 0.400. The molecule has 0 fully saturated rings. The van der Waals surface area contributed by atoms with Crippen molar-refractivity contribution in [3.63, 3.8) is 0 Å². The van der Waals surface area contributed by atoms with Crippen molar-refractivity contribution >= 4 is 23.1 Å². The maximum absolute atomic E-state index is 2.34. The van der Waals surface area contributed by atoms with Crippen LogP contribution in [0.2, 0.25) is 0 Å². The maximum Gasteiger partial charge on any atom is 0.241 e. The van der Waals surface area contributed by atoms with Crippen LogP contribution < -0.4 is 16.4 Å². The first-order chi connectivity index (χ1) is 15.0. The van der Waals surface area contributed by atoms with Gasteiger partial charge in [-0.1, -0.05) is 131 Å². The van der Waals surface area contributed by atoms with Gasteiger partial charge in [0.2, 0.25) is 6.71 Å². The van der Waals surface area contributed by atoms with E-state index in [9.17, 15) is 0 Å². The van der Waals surface area contributed by atoms with E-state index in [1.165, 1.54) is 52.3 Å². The number of hydrogen-bond acceptors (Lipinski definition) is 0. The molecule has 0 heterocycles. The topological polar surface area (TPSA) is 0 Å². The normalized spacial score (nSPS) is 14.1. The van der Waals surface area contributed by atoms with Crippen molar-refractivity contribution in [2.75, 3.05) is 0 Å². The molecule has 0 radical (unpaired) electrons. The monoisotopic (exact) mass is 410 g/mol. The second-order valence-electron chi connectivity index (χ2n) is 9.36. The van der Waals surface area contributed by atoms with Gasteiger partial charge in [-0.05, 0) is 53.7 Å². The fourth-order valence-electron chi connectivity index (χ4n) is 4.34. The summed E-state index contributed by atoms with van der Waals surface area (Å²) < 4.78 is 0. The van der Waals surface area contributed by atoms with Crippen molar-refractivity contribution < 1.29 is 0 Å². The first kappa shape index (κ1) is 23.4. The van der Waals surface area contributed by atoms with Crippen LogP contribution in [0.15, 0.2) is 72.8 Å². The standard InChI is InChI=1S/C30H39B/c1-7-22(4)25-10-16-28(17-11-25)31(29-18-12-26(13-19-29)23(5)8-2)30-20-14-27(15-21-30)24(6)9-3/h10-24H,7-9H2,1-6H3. The zero-order valence-corrected chi connectivity index (χ0v) is 20.4. The van der Waals surface area contributed by atoms with Gasteiger partial charge in [-0.3, -0.25) is 0 Å². The first-order valence-electron chi connectivity index (χ1n) is 12.3.